The molecule has 1 aromatic heterocycles. The van der Waals surface area contributed by atoms with Gasteiger partial charge in [-0.05, 0) is 6.20 Å². The van der Waals surface area contributed by atoms with Crippen LogP contribution in [-0.2, 0) is 0 Å². The molecule has 0 amide bonds. The predicted molar refractivity (Wildman–Crippen MR) is 33.2 cm³/mol. The molecule has 0 bridgehead atoms. The van der Waals surface area contributed by atoms with E-state index in [1.807, 2.05) is 12.1 Å². The molecule has 9 heavy (non-hydrogen) atoms. The average Bonchev–Trinajstić information content (AvgIpc) is 1.90. The number of rotatable bonds is 1. The minimum atomic E-state index is 0. The van der Waals surface area contributed by atoms with Gasteiger partial charge in [0.1, 0.15) is 0 Å². The minimum Gasteiger partial charge on any atom is -0.297 e. The van der Waals surface area contributed by atoms with Gasteiger partial charge in [-0.3, -0.25) is 4.98 Å². The second kappa shape index (κ2) is 4.37. The van der Waals surface area contributed by atoms with Gasteiger partial charge >= 0.3 is 18.9 Å². The van der Waals surface area contributed by atoms with Crippen LogP contribution in [0.25, 0.3) is 6.08 Å². The smallest absolute Gasteiger partial charge is 0.297 e. The molecule has 0 fully saturated rings. The Labute approximate surface area is 67.0 Å². The summed E-state index contributed by atoms with van der Waals surface area (Å²) in [6, 6.07) is 6.52. The van der Waals surface area contributed by atoms with Crippen molar-refractivity contribution in [2.45, 2.75) is 0 Å². The largest absolute Gasteiger partial charge is 1.00 e. The Kier molecular flexibility index (Phi) is 4.13. The molecule has 1 rings (SSSR count). The molecule has 0 unspecified atom stereocenters. The molecule has 0 N–H and O–H groups in total. The standard InChI is InChI=1S/C7H6N.Li/c1-2-7-5-3-4-6-8-7;/h2-4,6H,1H2;/q-1;+1. The molecule has 0 radical (unpaired) electrons. The zero-order chi connectivity index (χ0) is 5.82. The first-order valence-electron chi connectivity index (χ1n) is 2.38. The van der Waals surface area contributed by atoms with E-state index < -0.39 is 0 Å². The minimum absolute atomic E-state index is 0. The number of nitrogens with zero attached hydrogens (tertiary/aromatic N) is 1. The third-order valence-corrected chi connectivity index (χ3v) is 0.820. The summed E-state index contributed by atoms with van der Waals surface area (Å²) in [5.74, 6) is 0. The Morgan fingerprint density at radius 3 is 2.78 bits per heavy atom. The fourth-order valence-electron chi connectivity index (χ4n) is 0.449. The first kappa shape index (κ1) is 8.49. The molecule has 1 heterocycles. The molecule has 0 aliphatic carbocycles. The van der Waals surface area contributed by atoms with E-state index >= 15 is 0 Å². The van der Waals surface area contributed by atoms with Gasteiger partial charge in [0.2, 0.25) is 0 Å². The Morgan fingerprint density at radius 2 is 2.44 bits per heavy atom. The van der Waals surface area contributed by atoms with Crippen molar-refractivity contribution in [2.24, 2.45) is 0 Å². The molecule has 1 aromatic rings. The fourth-order valence-corrected chi connectivity index (χ4v) is 0.449. The van der Waals surface area contributed by atoms with Crippen molar-refractivity contribution in [3.05, 3.63) is 36.7 Å². The molecular weight excluding hydrogens is 105 g/mol. The maximum absolute atomic E-state index is 3.92. The second-order valence-corrected chi connectivity index (χ2v) is 1.37. The summed E-state index contributed by atoms with van der Waals surface area (Å²) in [5.41, 5.74) is 0.799. The van der Waals surface area contributed by atoms with Crippen LogP contribution in [-0.4, -0.2) is 4.98 Å². The van der Waals surface area contributed by atoms with E-state index in [1.54, 1.807) is 12.3 Å². The summed E-state index contributed by atoms with van der Waals surface area (Å²) in [6.07, 6.45) is 3.38. The normalized spacial score (nSPS) is 7.56. The third kappa shape index (κ3) is 2.50. The van der Waals surface area contributed by atoms with Gasteiger partial charge in [-0.2, -0.15) is 18.7 Å². The first-order chi connectivity index (χ1) is 3.93. The third-order valence-electron chi connectivity index (χ3n) is 0.820. The van der Waals surface area contributed by atoms with Crippen LogP contribution in [0.3, 0.4) is 0 Å². The van der Waals surface area contributed by atoms with Crippen molar-refractivity contribution in [1.82, 2.24) is 4.98 Å². The van der Waals surface area contributed by atoms with Crippen LogP contribution < -0.4 is 18.9 Å². The summed E-state index contributed by atoms with van der Waals surface area (Å²) >= 11 is 0. The van der Waals surface area contributed by atoms with Gasteiger partial charge in [0, 0.05) is 0 Å². The predicted octanol–water partition coefficient (Wildman–Crippen LogP) is -1.47. The van der Waals surface area contributed by atoms with E-state index in [0.29, 0.717) is 0 Å². The maximum Gasteiger partial charge on any atom is 1.00 e. The molecule has 0 spiro atoms. The molecule has 0 atom stereocenters. The van der Waals surface area contributed by atoms with E-state index in [2.05, 4.69) is 17.6 Å². The van der Waals surface area contributed by atoms with Gasteiger partial charge in [-0.15, -0.1) is 12.1 Å². The van der Waals surface area contributed by atoms with Crippen molar-refractivity contribution >= 4 is 6.08 Å². The van der Waals surface area contributed by atoms with Crippen LogP contribution in [0.2, 0.25) is 0 Å². The Bertz CT molecular complexity index is 172. The van der Waals surface area contributed by atoms with Crippen molar-refractivity contribution in [3.8, 4) is 0 Å². The monoisotopic (exact) mass is 111 g/mol. The van der Waals surface area contributed by atoms with Gasteiger partial charge in [-0.25, -0.2) is 0 Å². The second-order valence-electron chi connectivity index (χ2n) is 1.37. The Balaban J connectivity index is 0.000000640. The number of hydrogen-bond donors (Lipinski definition) is 0. The van der Waals surface area contributed by atoms with Crippen molar-refractivity contribution in [2.75, 3.05) is 0 Å². The van der Waals surface area contributed by atoms with Crippen LogP contribution in [0.1, 0.15) is 5.69 Å². The van der Waals surface area contributed by atoms with E-state index in [4.69, 9.17) is 0 Å². The molecule has 1 nitrogen and oxygen atoms in total. The molecule has 0 saturated heterocycles. The van der Waals surface area contributed by atoms with E-state index in [1.165, 1.54) is 0 Å². The van der Waals surface area contributed by atoms with E-state index in [-0.39, 0.29) is 18.9 Å². The zero-order valence-corrected chi connectivity index (χ0v) is 5.46. The molecular formula is C7H6LiN. The van der Waals surface area contributed by atoms with Gasteiger partial charge in [0.15, 0.2) is 0 Å². The fraction of sp³-hybridized carbons (Fsp3) is 0. The average molecular weight is 111 g/mol. The van der Waals surface area contributed by atoms with E-state index in [9.17, 15) is 0 Å². The SMILES string of the molecule is C=Cc1[c-]cccn1.[Li+]. The molecule has 40 valence electrons. The van der Waals surface area contributed by atoms with Gasteiger partial charge in [0.05, 0.1) is 0 Å². The van der Waals surface area contributed by atoms with Crippen LogP contribution in [0.5, 0.6) is 0 Å². The first-order valence-corrected chi connectivity index (χ1v) is 2.38. The molecule has 2 heteroatoms. The summed E-state index contributed by atoms with van der Waals surface area (Å²) in [7, 11) is 0. The molecule has 0 aliphatic rings. The van der Waals surface area contributed by atoms with Gasteiger partial charge < -0.3 is 0 Å². The van der Waals surface area contributed by atoms with Gasteiger partial charge in [-0.1, -0.05) is 5.69 Å². The van der Waals surface area contributed by atoms with E-state index in [0.717, 1.165) is 5.69 Å². The van der Waals surface area contributed by atoms with Crippen LogP contribution in [0.15, 0.2) is 24.9 Å². The summed E-state index contributed by atoms with van der Waals surface area (Å²) in [5, 5.41) is 0. The number of hydrogen-bond acceptors (Lipinski definition) is 1. The van der Waals surface area contributed by atoms with Crippen LogP contribution in [0.4, 0.5) is 0 Å². The topological polar surface area (TPSA) is 12.9 Å². The zero-order valence-electron chi connectivity index (χ0n) is 5.46. The van der Waals surface area contributed by atoms with Gasteiger partial charge in [0.25, 0.3) is 0 Å². The van der Waals surface area contributed by atoms with Crippen molar-refractivity contribution in [1.29, 1.82) is 0 Å². The molecule has 0 aliphatic heterocycles. The number of aromatic nitrogens is 1. The van der Waals surface area contributed by atoms with Crippen LogP contribution in [0, 0.1) is 6.07 Å². The van der Waals surface area contributed by atoms with Crippen molar-refractivity contribution < 1.29 is 18.9 Å². The number of pyridine rings is 1. The quantitative estimate of drug-likeness (QED) is 0.318. The summed E-state index contributed by atoms with van der Waals surface area (Å²) < 4.78 is 0. The Morgan fingerprint density at radius 1 is 1.67 bits per heavy atom. The van der Waals surface area contributed by atoms with Crippen LogP contribution >= 0.6 is 0 Å². The molecule has 0 saturated carbocycles. The van der Waals surface area contributed by atoms with Crippen molar-refractivity contribution in [3.63, 3.8) is 0 Å². The summed E-state index contributed by atoms with van der Waals surface area (Å²) in [4.78, 5) is 3.92. The Hall–Kier alpha value is -0.513. The molecule has 0 aromatic carbocycles. The maximum atomic E-state index is 3.92. The summed E-state index contributed by atoms with van der Waals surface area (Å²) in [6.45, 7) is 3.54.